The number of amides is 3. The third-order valence-electron chi connectivity index (χ3n) is 5.99. The van der Waals surface area contributed by atoms with Crippen LogP contribution >= 0.6 is 11.6 Å². The highest BCUT2D eigenvalue weighted by atomic mass is 35.5. The molecule has 9 heteroatoms. The fourth-order valence-electron chi connectivity index (χ4n) is 4.17. The molecule has 3 aliphatic rings. The van der Waals surface area contributed by atoms with E-state index in [9.17, 15) is 23.6 Å². The molecule has 3 amide bonds. The summed E-state index contributed by atoms with van der Waals surface area (Å²) in [6, 6.07) is 4.14. The van der Waals surface area contributed by atoms with Crippen molar-refractivity contribution in [3.8, 4) is 0 Å². The third kappa shape index (κ3) is 2.69. The number of benzene rings is 1. The van der Waals surface area contributed by atoms with Gasteiger partial charge in [-0.2, -0.15) is 0 Å². The number of nitrogens with zero attached hydrogens (tertiary/aromatic N) is 3. The maximum atomic E-state index is 13.4. The van der Waals surface area contributed by atoms with Gasteiger partial charge in [0.25, 0.3) is 11.8 Å². The van der Waals surface area contributed by atoms with E-state index in [-0.39, 0.29) is 29.7 Å². The molecule has 4 rings (SSSR count). The number of hydrogen-bond donors (Lipinski definition) is 0. The second-order valence-corrected chi connectivity index (χ2v) is 8.34. The Balaban J connectivity index is 1.70. The van der Waals surface area contributed by atoms with Gasteiger partial charge in [0.2, 0.25) is 11.7 Å². The molecule has 0 spiro atoms. The molecule has 1 atom stereocenters. The Morgan fingerprint density at radius 3 is 2.52 bits per heavy atom. The van der Waals surface area contributed by atoms with Gasteiger partial charge >= 0.3 is 0 Å². The van der Waals surface area contributed by atoms with E-state index in [1.807, 2.05) is 0 Å². The molecule has 0 saturated carbocycles. The standard InChI is InChI=1S/C20H19ClFN3O4/c1-20(2)23(3)18(28)15-11-6-7-24(9-10-4-5-13(22)12(21)8-10)17(27)14(11)16(26)19(29)25(15)20/h4-5,8,14H,6-7,9H2,1-3H3. The number of piperidine rings is 1. The molecular formula is C20H19ClFN3O4. The van der Waals surface area contributed by atoms with E-state index < -0.39 is 35.0 Å². The molecule has 29 heavy (non-hydrogen) atoms. The maximum Gasteiger partial charge on any atom is 0.297 e. The van der Waals surface area contributed by atoms with Crippen molar-refractivity contribution >= 4 is 35.1 Å². The smallest absolute Gasteiger partial charge is 0.297 e. The Labute approximate surface area is 171 Å². The predicted octanol–water partition coefficient (Wildman–Crippen LogP) is 1.70. The summed E-state index contributed by atoms with van der Waals surface area (Å²) in [6.45, 7) is 3.76. The molecule has 0 bridgehead atoms. The van der Waals surface area contributed by atoms with Crippen LogP contribution in [-0.4, -0.2) is 57.5 Å². The molecule has 7 nitrogen and oxygen atoms in total. The first-order valence-corrected chi connectivity index (χ1v) is 9.55. The first kappa shape index (κ1) is 19.6. The molecule has 2 saturated heterocycles. The van der Waals surface area contributed by atoms with Crippen molar-refractivity contribution < 1.29 is 23.6 Å². The highest BCUT2D eigenvalue weighted by Crippen LogP contribution is 2.43. The van der Waals surface area contributed by atoms with Gasteiger partial charge < -0.3 is 9.80 Å². The van der Waals surface area contributed by atoms with E-state index in [4.69, 9.17) is 11.6 Å². The number of likely N-dealkylation sites (N-methyl/N-ethyl adjacent to an activating group) is 1. The largest absolute Gasteiger partial charge is 0.337 e. The Morgan fingerprint density at radius 1 is 1.17 bits per heavy atom. The van der Waals surface area contributed by atoms with Crippen LogP contribution in [0.2, 0.25) is 5.02 Å². The van der Waals surface area contributed by atoms with E-state index in [0.717, 1.165) is 0 Å². The summed E-state index contributed by atoms with van der Waals surface area (Å²) in [7, 11) is 1.57. The number of halogens is 2. The average molecular weight is 420 g/mol. The van der Waals surface area contributed by atoms with Crippen molar-refractivity contribution in [3.05, 3.63) is 45.9 Å². The Bertz CT molecular complexity index is 1020. The topological polar surface area (TPSA) is 78.0 Å². The molecular weight excluding hydrogens is 401 g/mol. The number of Topliss-reactive ketones (excluding diaryl/α,β-unsaturated/α-hetero) is 1. The molecule has 3 aliphatic heterocycles. The number of rotatable bonds is 2. The van der Waals surface area contributed by atoms with Crippen molar-refractivity contribution in [2.45, 2.75) is 32.5 Å². The lowest BCUT2D eigenvalue weighted by molar-refractivity contribution is -0.155. The fourth-order valence-corrected chi connectivity index (χ4v) is 4.38. The molecule has 0 N–H and O–H groups in total. The summed E-state index contributed by atoms with van der Waals surface area (Å²) >= 11 is 5.81. The monoisotopic (exact) mass is 419 g/mol. The van der Waals surface area contributed by atoms with Gasteiger partial charge in [0, 0.05) is 20.1 Å². The molecule has 0 radical (unpaired) electrons. The van der Waals surface area contributed by atoms with E-state index in [1.165, 1.54) is 32.9 Å². The lowest BCUT2D eigenvalue weighted by Gasteiger charge is -2.41. The minimum Gasteiger partial charge on any atom is -0.337 e. The van der Waals surface area contributed by atoms with Crippen molar-refractivity contribution in [2.75, 3.05) is 13.6 Å². The summed E-state index contributed by atoms with van der Waals surface area (Å²) in [5.74, 6) is -4.43. The predicted molar refractivity (Wildman–Crippen MR) is 101 cm³/mol. The quantitative estimate of drug-likeness (QED) is 0.540. The van der Waals surface area contributed by atoms with Gasteiger partial charge in [-0.15, -0.1) is 0 Å². The van der Waals surface area contributed by atoms with Gasteiger partial charge in [0.15, 0.2) is 0 Å². The highest BCUT2D eigenvalue weighted by molar-refractivity contribution is 6.44. The normalized spacial score (nSPS) is 23.8. The number of carbonyl (C=O) groups is 4. The van der Waals surface area contributed by atoms with Crippen molar-refractivity contribution in [3.63, 3.8) is 0 Å². The zero-order valence-corrected chi connectivity index (χ0v) is 16.9. The summed E-state index contributed by atoms with van der Waals surface area (Å²) < 4.78 is 13.4. The van der Waals surface area contributed by atoms with Gasteiger partial charge in [0.1, 0.15) is 23.1 Å². The Hall–Kier alpha value is -2.74. The molecule has 0 aromatic heterocycles. The van der Waals surface area contributed by atoms with E-state index in [0.29, 0.717) is 17.6 Å². The second-order valence-electron chi connectivity index (χ2n) is 7.93. The van der Waals surface area contributed by atoms with Crippen LogP contribution in [0, 0.1) is 11.7 Å². The van der Waals surface area contributed by atoms with Crippen LogP contribution in [0.4, 0.5) is 4.39 Å². The first-order chi connectivity index (χ1) is 13.6. The molecule has 0 aliphatic carbocycles. The molecule has 2 fully saturated rings. The fraction of sp³-hybridized carbons (Fsp3) is 0.400. The first-order valence-electron chi connectivity index (χ1n) is 9.18. The van der Waals surface area contributed by atoms with Crippen LogP contribution in [-0.2, 0) is 25.7 Å². The highest BCUT2D eigenvalue weighted by Gasteiger charge is 2.58. The van der Waals surface area contributed by atoms with Crippen LogP contribution in [0.15, 0.2) is 29.5 Å². The molecule has 1 unspecified atom stereocenters. The third-order valence-corrected chi connectivity index (χ3v) is 6.28. The molecule has 1 aromatic rings. The van der Waals surface area contributed by atoms with Gasteiger partial charge in [-0.1, -0.05) is 17.7 Å². The summed E-state index contributed by atoms with van der Waals surface area (Å²) in [6.07, 6.45) is 0.297. The van der Waals surface area contributed by atoms with Crippen molar-refractivity contribution in [1.82, 2.24) is 14.7 Å². The summed E-state index contributed by atoms with van der Waals surface area (Å²) in [5, 5.41) is -0.0591. The van der Waals surface area contributed by atoms with Crippen LogP contribution in [0.1, 0.15) is 25.8 Å². The molecule has 3 heterocycles. The van der Waals surface area contributed by atoms with E-state index in [2.05, 4.69) is 0 Å². The maximum absolute atomic E-state index is 13.4. The van der Waals surface area contributed by atoms with Crippen LogP contribution in [0.25, 0.3) is 0 Å². The number of ketones is 1. The van der Waals surface area contributed by atoms with Crippen molar-refractivity contribution in [2.24, 2.45) is 5.92 Å². The molecule has 1 aromatic carbocycles. The van der Waals surface area contributed by atoms with Gasteiger partial charge in [-0.05, 0) is 43.5 Å². The number of fused-ring (bicyclic) bond motifs is 2. The molecule has 152 valence electrons. The number of likely N-dealkylation sites (tertiary alicyclic amines) is 1. The van der Waals surface area contributed by atoms with Gasteiger partial charge in [0.05, 0.1) is 5.02 Å². The number of carbonyl (C=O) groups excluding carboxylic acids is 4. The minimum absolute atomic E-state index is 0.0591. The van der Waals surface area contributed by atoms with E-state index in [1.54, 1.807) is 20.9 Å². The van der Waals surface area contributed by atoms with Gasteiger partial charge in [-0.3, -0.25) is 24.1 Å². The average Bonchev–Trinajstić information content (AvgIpc) is 2.84. The zero-order chi connectivity index (χ0) is 21.2. The Morgan fingerprint density at radius 2 is 1.86 bits per heavy atom. The Kier molecular flexibility index (Phi) is 4.31. The minimum atomic E-state index is -1.29. The van der Waals surface area contributed by atoms with Crippen LogP contribution < -0.4 is 0 Å². The van der Waals surface area contributed by atoms with Crippen molar-refractivity contribution in [1.29, 1.82) is 0 Å². The van der Waals surface area contributed by atoms with E-state index >= 15 is 0 Å². The van der Waals surface area contributed by atoms with Crippen LogP contribution in [0.3, 0.4) is 0 Å². The zero-order valence-electron chi connectivity index (χ0n) is 16.2. The SMILES string of the molecule is CN1C(=O)C2=C3CCN(Cc4ccc(F)c(Cl)c4)C(=O)C3C(=O)C(=O)N2C1(C)C. The summed E-state index contributed by atoms with van der Waals surface area (Å²) in [4.78, 5) is 55.6. The lowest BCUT2D eigenvalue weighted by atomic mass is 9.82. The summed E-state index contributed by atoms with van der Waals surface area (Å²) in [5.41, 5.74) is 0.164. The second kappa shape index (κ2) is 6.38. The van der Waals surface area contributed by atoms with Crippen LogP contribution in [0.5, 0.6) is 0 Å². The lowest BCUT2D eigenvalue weighted by Crippen LogP contribution is -2.57. The number of hydrogen-bond acceptors (Lipinski definition) is 4. The van der Waals surface area contributed by atoms with Gasteiger partial charge in [-0.25, -0.2) is 4.39 Å².